The number of imidazole rings is 1. The van der Waals surface area contributed by atoms with Crippen molar-refractivity contribution < 1.29 is 0 Å². The molecule has 106 valence electrons. The lowest BCUT2D eigenvalue weighted by molar-refractivity contribution is 0.484. The van der Waals surface area contributed by atoms with Crippen molar-refractivity contribution in [3.05, 3.63) is 58.3 Å². The molecule has 3 rings (SSSR count). The molecule has 4 nitrogen and oxygen atoms in total. The van der Waals surface area contributed by atoms with Gasteiger partial charge in [-0.1, -0.05) is 29.8 Å². The highest BCUT2D eigenvalue weighted by atomic mass is 16.1. The highest BCUT2D eigenvalue weighted by Gasteiger charge is 2.25. The van der Waals surface area contributed by atoms with Crippen molar-refractivity contribution in [2.24, 2.45) is 0 Å². The van der Waals surface area contributed by atoms with Gasteiger partial charge in [-0.15, -0.1) is 0 Å². The van der Waals surface area contributed by atoms with E-state index in [0.29, 0.717) is 12.6 Å². The highest BCUT2D eigenvalue weighted by molar-refractivity contribution is 5.25. The van der Waals surface area contributed by atoms with E-state index in [1.165, 1.54) is 11.1 Å². The minimum Gasteiger partial charge on any atom is -0.312 e. The molecular formula is C16H21N3O. The van der Waals surface area contributed by atoms with Crippen LogP contribution in [-0.2, 0) is 6.54 Å². The van der Waals surface area contributed by atoms with Gasteiger partial charge in [-0.25, -0.2) is 4.79 Å². The summed E-state index contributed by atoms with van der Waals surface area (Å²) in [7, 11) is 1.94. The first-order chi connectivity index (χ1) is 9.69. The monoisotopic (exact) mass is 271 g/mol. The predicted octanol–water partition coefficient (Wildman–Crippen LogP) is 2.25. The van der Waals surface area contributed by atoms with Gasteiger partial charge < -0.3 is 5.32 Å². The molecule has 1 atom stereocenters. The van der Waals surface area contributed by atoms with Crippen molar-refractivity contribution in [3.8, 4) is 0 Å². The zero-order valence-electron chi connectivity index (χ0n) is 12.0. The van der Waals surface area contributed by atoms with Gasteiger partial charge in [0.2, 0.25) is 0 Å². The van der Waals surface area contributed by atoms with Gasteiger partial charge in [-0.05, 0) is 32.4 Å². The Kier molecular flexibility index (Phi) is 3.49. The number of hydrogen-bond donors (Lipinski definition) is 1. The largest absolute Gasteiger partial charge is 0.328 e. The highest BCUT2D eigenvalue weighted by Crippen LogP contribution is 2.33. The quantitative estimate of drug-likeness (QED) is 0.906. The maximum atomic E-state index is 12.3. The molecule has 0 aliphatic heterocycles. The summed E-state index contributed by atoms with van der Waals surface area (Å²) >= 11 is 0. The number of aryl methyl sites for hydroxylation is 1. The molecule has 1 aromatic heterocycles. The van der Waals surface area contributed by atoms with E-state index < -0.39 is 0 Å². The average Bonchev–Trinajstić information content (AvgIpc) is 3.21. The van der Waals surface area contributed by atoms with Crippen molar-refractivity contribution in [3.63, 3.8) is 0 Å². The van der Waals surface area contributed by atoms with Crippen molar-refractivity contribution >= 4 is 0 Å². The van der Waals surface area contributed by atoms with Gasteiger partial charge in [-0.3, -0.25) is 9.13 Å². The summed E-state index contributed by atoms with van der Waals surface area (Å²) in [5.74, 6) is 0. The van der Waals surface area contributed by atoms with Crippen LogP contribution in [0.2, 0.25) is 0 Å². The van der Waals surface area contributed by atoms with E-state index in [4.69, 9.17) is 0 Å². The minimum atomic E-state index is 0.111. The van der Waals surface area contributed by atoms with Crippen molar-refractivity contribution in [2.45, 2.75) is 38.4 Å². The van der Waals surface area contributed by atoms with Crippen LogP contribution in [0.3, 0.4) is 0 Å². The molecule has 4 heteroatoms. The Hall–Kier alpha value is -1.81. The Balaban J connectivity index is 1.83. The van der Waals surface area contributed by atoms with E-state index in [0.717, 1.165) is 12.8 Å². The van der Waals surface area contributed by atoms with Gasteiger partial charge in [0.1, 0.15) is 0 Å². The van der Waals surface area contributed by atoms with Crippen molar-refractivity contribution in [1.29, 1.82) is 0 Å². The Morgan fingerprint density at radius 2 is 2.15 bits per heavy atom. The number of nitrogens with one attached hydrogen (secondary N) is 1. The van der Waals surface area contributed by atoms with E-state index in [9.17, 15) is 4.79 Å². The molecule has 1 saturated carbocycles. The van der Waals surface area contributed by atoms with Crippen molar-refractivity contribution in [1.82, 2.24) is 14.5 Å². The lowest BCUT2D eigenvalue weighted by atomic mass is 10.0. The van der Waals surface area contributed by atoms with Crippen LogP contribution in [0.15, 0.2) is 41.5 Å². The van der Waals surface area contributed by atoms with Crippen LogP contribution >= 0.6 is 0 Å². The topological polar surface area (TPSA) is 39.0 Å². The van der Waals surface area contributed by atoms with Gasteiger partial charge in [0.05, 0.1) is 6.04 Å². The average molecular weight is 271 g/mol. The zero-order chi connectivity index (χ0) is 14.1. The second-order valence-electron chi connectivity index (χ2n) is 5.63. The molecule has 20 heavy (non-hydrogen) atoms. The van der Waals surface area contributed by atoms with E-state index in [1.807, 2.05) is 28.6 Å². The lowest BCUT2D eigenvalue weighted by Crippen LogP contribution is -2.29. The van der Waals surface area contributed by atoms with Gasteiger partial charge in [-0.2, -0.15) is 0 Å². The number of aromatic nitrogens is 2. The Bertz CT molecular complexity index is 652. The second kappa shape index (κ2) is 5.29. The zero-order valence-corrected chi connectivity index (χ0v) is 12.0. The van der Waals surface area contributed by atoms with Crippen LogP contribution in [0, 0.1) is 6.92 Å². The van der Waals surface area contributed by atoms with Gasteiger partial charge in [0.15, 0.2) is 0 Å². The van der Waals surface area contributed by atoms with E-state index in [1.54, 1.807) is 0 Å². The van der Waals surface area contributed by atoms with Gasteiger partial charge in [0.25, 0.3) is 0 Å². The molecule has 0 radical (unpaired) electrons. The molecule has 0 spiro atoms. The lowest BCUT2D eigenvalue weighted by Gasteiger charge is -2.17. The fourth-order valence-corrected chi connectivity index (χ4v) is 2.64. The van der Waals surface area contributed by atoms with E-state index >= 15 is 0 Å². The predicted molar refractivity (Wildman–Crippen MR) is 79.9 cm³/mol. The minimum absolute atomic E-state index is 0.111. The summed E-state index contributed by atoms with van der Waals surface area (Å²) in [6.07, 6.45) is 6.10. The summed E-state index contributed by atoms with van der Waals surface area (Å²) in [6.45, 7) is 2.75. The fraction of sp³-hybridized carbons (Fsp3) is 0.438. The van der Waals surface area contributed by atoms with Crippen LogP contribution in [0.25, 0.3) is 0 Å². The standard InChI is InChI=1S/C16H21N3O/c1-12-4-3-5-13(10-12)15(17-2)11-18-8-9-19(16(18)20)14-6-7-14/h3-5,8-10,14-15,17H,6-7,11H2,1-2H3. The molecule has 1 aliphatic rings. The summed E-state index contributed by atoms with van der Waals surface area (Å²) in [4.78, 5) is 12.3. The molecule has 1 N–H and O–H groups in total. The van der Waals surface area contributed by atoms with E-state index in [2.05, 4.69) is 36.5 Å². The van der Waals surface area contributed by atoms with Crippen LogP contribution in [0.4, 0.5) is 0 Å². The molecule has 1 unspecified atom stereocenters. The number of likely N-dealkylation sites (N-methyl/N-ethyl adjacent to an activating group) is 1. The number of hydrogen-bond acceptors (Lipinski definition) is 2. The third-order valence-electron chi connectivity index (χ3n) is 3.99. The Morgan fingerprint density at radius 3 is 2.80 bits per heavy atom. The molecule has 0 bridgehead atoms. The van der Waals surface area contributed by atoms with Crippen LogP contribution in [0.5, 0.6) is 0 Å². The molecule has 2 aromatic rings. The Labute approximate surface area is 119 Å². The normalized spacial score (nSPS) is 16.3. The SMILES string of the molecule is CNC(Cn1ccn(C2CC2)c1=O)c1cccc(C)c1. The number of nitrogens with zero attached hydrogens (tertiary/aromatic N) is 2. The van der Waals surface area contributed by atoms with Crippen LogP contribution in [0.1, 0.15) is 36.1 Å². The Morgan fingerprint density at radius 1 is 1.35 bits per heavy atom. The molecule has 0 saturated heterocycles. The second-order valence-corrected chi connectivity index (χ2v) is 5.63. The third-order valence-corrected chi connectivity index (χ3v) is 3.99. The number of rotatable bonds is 5. The summed E-state index contributed by atoms with van der Waals surface area (Å²) < 4.78 is 3.67. The fourth-order valence-electron chi connectivity index (χ4n) is 2.64. The maximum Gasteiger partial charge on any atom is 0.328 e. The van der Waals surface area contributed by atoms with Crippen LogP contribution < -0.4 is 11.0 Å². The molecule has 0 amide bonds. The first-order valence-electron chi connectivity index (χ1n) is 7.20. The molecule has 1 aliphatic carbocycles. The number of benzene rings is 1. The first-order valence-corrected chi connectivity index (χ1v) is 7.20. The molecule has 1 aromatic carbocycles. The van der Waals surface area contributed by atoms with Gasteiger partial charge >= 0.3 is 5.69 Å². The molecule has 1 heterocycles. The van der Waals surface area contributed by atoms with Gasteiger partial charge in [0, 0.05) is 25.0 Å². The van der Waals surface area contributed by atoms with Crippen molar-refractivity contribution in [2.75, 3.05) is 7.05 Å². The summed E-state index contributed by atoms with van der Waals surface area (Å²) in [6, 6.07) is 9.03. The maximum absolute atomic E-state index is 12.3. The molecular weight excluding hydrogens is 250 g/mol. The van der Waals surface area contributed by atoms with Crippen LogP contribution in [-0.4, -0.2) is 16.2 Å². The molecule has 1 fully saturated rings. The summed E-state index contributed by atoms with van der Waals surface area (Å²) in [5.41, 5.74) is 2.57. The summed E-state index contributed by atoms with van der Waals surface area (Å²) in [5, 5.41) is 3.31. The smallest absolute Gasteiger partial charge is 0.312 e. The first kappa shape index (κ1) is 13.2. The van der Waals surface area contributed by atoms with E-state index in [-0.39, 0.29) is 11.7 Å². The third kappa shape index (κ3) is 2.56.